The summed E-state index contributed by atoms with van der Waals surface area (Å²) in [7, 11) is 0. The average molecular weight is 345 g/mol. The molecule has 2 atom stereocenters. The van der Waals surface area contributed by atoms with Crippen LogP contribution in [-0.2, 0) is 9.53 Å². The second-order valence-electron chi connectivity index (χ2n) is 6.00. The zero-order valence-electron chi connectivity index (χ0n) is 13.2. The van der Waals surface area contributed by atoms with Crippen LogP contribution >= 0.6 is 11.8 Å². The third-order valence-electron chi connectivity index (χ3n) is 4.42. The Kier molecular flexibility index (Phi) is 4.48. The summed E-state index contributed by atoms with van der Waals surface area (Å²) in [6.07, 6.45) is 2.74. The molecular formula is C16H19N5O2S. The number of para-hydroxylation sites is 1. The maximum atomic E-state index is 12.9. The van der Waals surface area contributed by atoms with Gasteiger partial charge in [-0.15, -0.1) is 5.10 Å². The van der Waals surface area contributed by atoms with Crippen LogP contribution in [0.15, 0.2) is 35.5 Å². The Bertz CT molecular complexity index is 702. The van der Waals surface area contributed by atoms with Crippen molar-refractivity contribution in [2.24, 2.45) is 0 Å². The van der Waals surface area contributed by atoms with Crippen molar-refractivity contribution in [2.45, 2.75) is 35.7 Å². The number of tetrazole rings is 1. The van der Waals surface area contributed by atoms with Crippen LogP contribution in [0.5, 0.6) is 0 Å². The third kappa shape index (κ3) is 3.03. The minimum absolute atomic E-state index is 0.134. The lowest BCUT2D eigenvalue weighted by Gasteiger charge is -2.31. The Morgan fingerprint density at radius 1 is 1.21 bits per heavy atom. The van der Waals surface area contributed by atoms with E-state index in [1.54, 1.807) is 0 Å². The fourth-order valence-electron chi connectivity index (χ4n) is 3.15. The summed E-state index contributed by atoms with van der Waals surface area (Å²) in [5.74, 6) is 0.134. The van der Waals surface area contributed by atoms with Crippen molar-refractivity contribution >= 4 is 23.4 Å². The van der Waals surface area contributed by atoms with E-state index in [4.69, 9.17) is 4.74 Å². The highest BCUT2D eigenvalue weighted by Crippen LogP contribution is 2.33. The second kappa shape index (κ2) is 6.90. The summed E-state index contributed by atoms with van der Waals surface area (Å²) in [5, 5.41) is 12.6. The standard InChI is InChI=1S/C16H19N5O2S/c22-15-14(7-4-9-20(15)12-5-2-1-3-6-12)24-16-17-18-19-21(16)13-8-10-23-11-13/h1-3,5-6,13-14H,4,7-11H2. The average Bonchev–Trinajstić information content (AvgIpc) is 3.29. The molecular weight excluding hydrogens is 326 g/mol. The first-order chi connectivity index (χ1) is 11.8. The molecule has 0 bridgehead atoms. The lowest BCUT2D eigenvalue weighted by atomic mass is 10.1. The van der Waals surface area contributed by atoms with E-state index in [-0.39, 0.29) is 17.2 Å². The van der Waals surface area contributed by atoms with Gasteiger partial charge in [0.05, 0.1) is 17.9 Å². The van der Waals surface area contributed by atoms with Crippen LogP contribution in [0, 0.1) is 0 Å². The van der Waals surface area contributed by atoms with Gasteiger partial charge in [0.15, 0.2) is 0 Å². The molecule has 7 nitrogen and oxygen atoms in total. The molecule has 0 spiro atoms. The van der Waals surface area contributed by atoms with Gasteiger partial charge in [-0.3, -0.25) is 4.79 Å². The summed E-state index contributed by atoms with van der Waals surface area (Å²) in [4.78, 5) is 14.8. The van der Waals surface area contributed by atoms with Gasteiger partial charge in [0.25, 0.3) is 0 Å². The largest absolute Gasteiger partial charge is 0.379 e. The highest BCUT2D eigenvalue weighted by molar-refractivity contribution is 8.00. The Labute approximate surface area is 144 Å². The maximum Gasteiger partial charge on any atom is 0.240 e. The van der Waals surface area contributed by atoms with Crippen LogP contribution in [0.1, 0.15) is 25.3 Å². The number of carbonyl (C=O) groups is 1. The summed E-state index contributed by atoms with van der Waals surface area (Å²) in [6, 6.07) is 10.0. The van der Waals surface area contributed by atoms with Gasteiger partial charge >= 0.3 is 0 Å². The number of thioether (sulfide) groups is 1. The van der Waals surface area contributed by atoms with Crippen molar-refractivity contribution in [2.75, 3.05) is 24.7 Å². The Hall–Kier alpha value is -1.93. The number of piperidine rings is 1. The highest BCUT2D eigenvalue weighted by atomic mass is 32.2. The summed E-state index contributed by atoms with van der Waals surface area (Å²) >= 11 is 1.47. The minimum atomic E-state index is -0.147. The van der Waals surface area contributed by atoms with E-state index < -0.39 is 0 Å². The molecule has 1 amide bonds. The lowest BCUT2D eigenvalue weighted by molar-refractivity contribution is -0.119. The number of rotatable bonds is 4. The Morgan fingerprint density at radius 3 is 2.88 bits per heavy atom. The molecule has 24 heavy (non-hydrogen) atoms. The van der Waals surface area contributed by atoms with E-state index in [1.165, 1.54) is 11.8 Å². The predicted octanol–water partition coefficient (Wildman–Crippen LogP) is 1.92. The van der Waals surface area contributed by atoms with Crippen molar-refractivity contribution in [1.82, 2.24) is 20.2 Å². The number of ether oxygens (including phenoxy) is 1. The van der Waals surface area contributed by atoms with Crippen LogP contribution in [0.4, 0.5) is 5.69 Å². The quantitative estimate of drug-likeness (QED) is 0.843. The van der Waals surface area contributed by atoms with E-state index in [1.807, 2.05) is 39.9 Å². The van der Waals surface area contributed by atoms with Crippen molar-refractivity contribution in [3.63, 3.8) is 0 Å². The number of carbonyl (C=O) groups excluding carboxylic acids is 1. The SMILES string of the molecule is O=C1C(Sc2nnnn2C2CCOC2)CCCN1c1ccccc1. The number of nitrogens with zero attached hydrogens (tertiary/aromatic N) is 5. The molecule has 2 aliphatic rings. The van der Waals surface area contributed by atoms with Gasteiger partial charge in [-0.1, -0.05) is 30.0 Å². The second-order valence-corrected chi connectivity index (χ2v) is 7.17. The van der Waals surface area contributed by atoms with E-state index >= 15 is 0 Å². The van der Waals surface area contributed by atoms with Crippen molar-refractivity contribution in [1.29, 1.82) is 0 Å². The molecule has 2 saturated heterocycles. The first kappa shape index (κ1) is 15.6. The molecule has 4 rings (SSSR count). The van der Waals surface area contributed by atoms with Gasteiger partial charge in [-0.25, -0.2) is 4.68 Å². The maximum absolute atomic E-state index is 12.9. The van der Waals surface area contributed by atoms with Crippen LogP contribution in [0.3, 0.4) is 0 Å². The number of benzene rings is 1. The van der Waals surface area contributed by atoms with Crippen molar-refractivity contribution in [3.8, 4) is 0 Å². The molecule has 3 heterocycles. The first-order valence-electron chi connectivity index (χ1n) is 8.21. The lowest BCUT2D eigenvalue weighted by Crippen LogP contribution is -2.43. The summed E-state index contributed by atoms with van der Waals surface area (Å²) in [6.45, 7) is 2.13. The summed E-state index contributed by atoms with van der Waals surface area (Å²) in [5.41, 5.74) is 0.955. The fourth-order valence-corrected chi connectivity index (χ4v) is 4.29. The van der Waals surface area contributed by atoms with Gasteiger partial charge in [-0.2, -0.15) is 0 Å². The monoisotopic (exact) mass is 345 g/mol. The van der Waals surface area contributed by atoms with Crippen LogP contribution in [0.25, 0.3) is 0 Å². The molecule has 1 aromatic heterocycles. The first-order valence-corrected chi connectivity index (χ1v) is 9.09. The predicted molar refractivity (Wildman–Crippen MR) is 90.0 cm³/mol. The number of anilines is 1. The molecule has 8 heteroatoms. The van der Waals surface area contributed by atoms with E-state index in [0.29, 0.717) is 11.8 Å². The van der Waals surface area contributed by atoms with Crippen molar-refractivity contribution < 1.29 is 9.53 Å². The van der Waals surface area contributed by atoms with Gasteiger partial charge in [0.2, 0.25) is 11.1 Å². The molecule has 0 N–H and O–H groups in total. The van der Waals surface area contributed by atoms with Crippen molar-refractivity contribution in [3.05, 3.63) is 30.3 Å². The number of hydrogen-bond donors (Lipinski definition) is 0. The van der Waals surface area contributed by atoms with E-state index in [2.05, 4.69) is 15.5 Å². The topological polar surface area (TPSA) is 73.1 Å². The molecule has 1 aromatic carbocycles. The third-order valence-corrected chi connectivity index (χ3v) is 5.62. The van der Waals surface area contributed by atoms with Crippen LogP contribution < -0.4 is 4.90 Å². The minimum Gasteiger partial charge on any atom is -0.379 e. The van der Waals surface area contributed by atoms with E-state index in [9.17, 15) is 4.79 Å². The zero-order chi connectivity index (χ0) is 16.4. The highest BCUT2D eigenvalue weighted by Gasteiger charge is 2.33. The molecule has 0 saturated carbocycles. The molecule has 0 aliphatic carbocycles. The molecule has 0 radical (unpaired) electrons. The van der Waals surface area contributed by atoms with E-state index in [0.717, 1.165) is 38.1 Å². The van der Waals surface area contributed by atoms with Crippen LogP contribution in [0.2, 0.25) is 0 Å². The normalized spacial score (nSPS) is 24.5. The van der Waals surface area contributed by atoms with Gasteiger partial charge < -0.3 is 9.64 Å². The van der Waals surface area contributed by atoms with Gasteiger partial charge in [0.1, 0.15) is 0 Å². The van der Waals surface area contributed by atoms with Crippen LogP contribution in [-0.4, -0.2) is 51.1 Å². The Morgan fingerprint density at radius 2 is 2.08 bits per heavy atom. The number of aromatic nitrogens is 4. The fraction of sp³-hybridized carbons (Fsp3) is 0.500. The molecule has 2 fully saturated rings. The number of hydrogen-bond acceptors (Lipinski definition) is 6. The Balaban J connectivity index is 1.50. The molecule has 2 aliphatic heterocycles. The molecule has 2 unspecified atom stereocenters. The number of amides is 1. The zero-order valence-corrected chi connectivity index (χ0v) is 14.1. The summed E-state index contributed by atoms with van der Waals surface area (Å²) < 4.78 is 7.23. The molecule has 126 valence electrons. The smallest absolute Gasteiger partial charge is 0.240 e. The van der Waals surface area contributed by atoms with Gasteiger partial charge in [-0.05, 0) is 41.8 Å². The van der Waals surface area contributed by atoms with Gasteiger partial charge in [0, 0.05) is 18.8 Å². The molecule has 2 aromatic rings.